The number of aryl methyl sites for hydroxylation is 1. The number of hydrogen-bond acceptors (Lipinski definition) is 5. The minimum Gasteiger partial charge on any atom is -0.306 e. The van der Waals surface area contributed by atoms with E-state index in [4.69, 9.17) is 23.2 Å². The molecule has 0 bridgehead atoms. The Bertz CT molecular complexity index is 933. The van der Waals surface area contributed by atoms with E-state index in [9.17, 15) is 4.79 Å². The highest BCUT2D eigenvalue weighted by atomic mass is 35.5. The minimum absolute atomic E-state index is 0.361. The summed E-state index contributed by atoms with van der Waals surface area (Å²) in [6, 6.07) is 12.6. The molecule has 3 aromatic rings. The van der Waals surface area contributed by atoms with Crippen molar-refractivity contribution in [3.63, 3.8) is 0 Å². The number of anilines is 2. The van der Waals surface area contributed by atoms with Gasteiger partial charge in [-0.3, -0.25) is 5.32 Å². The van der Waals surface area contributed by atoms with Crippen molar-refractivity contribution in [1.29, 1.82) is 0 Å². The molecule has 0 unspecified atom stereocenters. The Labute approximate surface area is 169 Å². The van der Waals surface area contributed by atoms with Gasteiger partial charge in [0, 0.05) is 10.8 Å². The number of benzene rings is 2. The monoisotopic (exact) mass is 424 g/mol. The van der Waals surface area contributed by atoms with Gasteiger partial charge in [-0.2, -0.15) is 0 Å². The Balaban J connectivity index is 1.56. The van der Waals surface area contributed by atoms with Crippen molar-refractivity contribution >= 4 is 63.2 Å². The van der Waals surface area contributed by atoms with Crippen LogP contribution < -0.4 is 10.6 Å². The molecule has 9 heteroatoms. The van der Waals surface area contributed by atoms with Gasteiger partial charge in [0.2, 0.25) is 5.13 Å². The van der Waals surface area contributed by atoms with Gasteiger partial charge in [0.1, 0.15) is 0 Å². The second kappa shape index (κ2) is 8.73. The Morgan fingerprint density at radius 2 is 1.96 bits per heavy atom. The molecule has 0 aliphatic carbocycles. The van der Waals surface area contributed by atoms with Crippen LogP contribution in [0.15, 0.2) is 46.8 Å². The van der Waals surface area contributed by atoms with Crippen molar-refractivity contribution in [3.8, 4) is 0 Å². The molecule has 0 fully saturated rings. The van der Waals surface area contributed by atoms with Gasteiger partial charge in [-0.1, -0.05) is 70.6 Å². The van der Waals surface area contributed by atoms with Crippen molar-refractivity contribution in [2.45, 2.75) is 17.0 Å². The number of rotatable bonds is 5. The first-order valence-electron chi connectivity index (χ1n) is 7.55. The summed E-state index contributed by atoms with van der Waals surface area (Å²) in [5.41, 5.74) is 2.95. The number of urea groups is 1. The zero-order valence-corrected chi connectivity index (χ0v) is 16.8. The van der Waals surface area contributed by atoms with Crippen molar-refractivity contribution in [2.75, 3.05) is 10.6 Å². The van der Waals surface area contributed by atoms with Gasteiger partial charge in [-0.05, 0) is 36.2 Å². The maximum absolute atomic E-state index is 12.1. The summed E-state index contributed by atoms with van der Waals surface area (Å²) >= 11 is 14.8. The molecular formula is C17H14Cl2N4OS2. The van der Waals surface area contributed by atoms with E-state index in [0.29, 0.717) is 20.9 Å². The highest BCUT2D eigenvalue weighted by Gasteiger charge is 2.11. The topological polar surface area (TPSA) is 66.9 Å². The summed E-state index contributed by atoms with van der Waals surface area (Å²) in [5, 5.41) is 14.7. The first-order chi connectivity index (χ1) is 12.5. The second-order valence-corrected chi connectivity index (χ2v) is 8.34. The Kier molecular flexibility index (Phi) is 6.37. The summed E-state index contributed by atoms with van der Waals surface area (Å²) in [5.74, 6) is 0.799. The number of carbonyl (C=O) groups is 1. The van der Waals surface area contributed by atoms with Crippen molar-refractivity contribution in [3.05, 3.63) is 63.6 Å². The van der Waals surface area contributed by atoms with Crippen molar-refractivity contribution < 1.29 is 4.79 Å². The molecule has 0 atom stereocenters. The molecule has 0 aliphatic heterocycles. The summed E-state index contributed by atoms with van der Waals surface area (Å²) in [6.07, 6.45) is 0. The number of nitrogens with one attached hydrogen (secondary N) is 2. The third-order valence-corrected chi connectivity index (χ3v) is 5.99. The normalized spacial score (nSPS) is 10.6. The highest BCUT2D eigenvalue weighted by molar-refractivity contribution is 8.00. The van der Waals surface area contributed by atoms with Crippen LogP contribution in [0.3, 0.4) is 0 Å². The SMILES string of the molecule is Cc1ccccc1CSc1nnc(NC(=O)Nc2ccc(Cl)cc2Cl)s1. The second-order valence-electron chi connectivity index (χ2n) is 5.29. The number of amides is 2. The highest BCUT2D eigenvalue weighted by Crippen LogP contribution is 2.29. The van der Waals surface area contributed by atoms with Crippen LogP contribution in [-0.2, 0) is 5.75 Å². The van der Waals surface area contributed by atoms with Gasteiger partial charge in [0.25, 0.3) is 0 Å². The number of thioether (sulfide) groups is 1. The van der Waals surface area contributed by atoms with Crippen molar-refractivity contribution in [2.24, 2.45) is 0 Å². The summed E-state index contributed by atoms with van der Waals surface area (Å²) in [6.45, 7) is 2.08. The predicted molar refractivity (Wildman–Crippen MR) is 110 cm³/mol. The number of aromatic nitrogens is 2. The van der Waals surface area contributed by atoms with Gasteiger partial charge >= 0.3 is 6.03 Å². The number of carbonyl (C=O) groups excluding carboxylic acids is 1. The smallest absolute Gasteiger partial charge is 0.306 e. The van der Waals surface area contributed by atoms with E-state index in [1.54, 1.807) is 30.0 Å². The summed E-state index contributed by atoms with van der Waals surface area (Å²) < 4.78 is 0.785. The molecule has 0 saturated carbocycles. The first kappa shape index (κ1) is 19.0. The lowest BCUT2D eigenvalue weighted by Gasteiger charge is -2.07. The van der Waals surface area contributed by atoms with Crippen LogP contribution in [0.5, 0.6) is 0 Å². The number of nitrogens with zero attached hydrogens (tertiary/aromatic N) is 2. The van der Waals surface area contributed by atoms with Gasteiger partial charge < -0.3 is 5.32 Å². The zero-order valence-electron chi connectivity index (χ0n) is 13.6. The van der Waals surface area contributed by atoms with Crippen LogP contribution in [0.2, 0.25) is 10.0 Å². The van der Waals surface area contributed by atoms with E-state index in [2.05, 4.69) is 39.9 Å². The lowest BCUT2D eigenvalue weighted by atomic mass is 10.1. The molecule has 1 aromatic heterocycles. The fraction of sp³-hybridized carbons (Fsp3) is 0.118. The molecule has 2 N–H and O–H groups in total. The average molecular weight is 425 g/mol. The Morgan fingerprint density at radius 1 is 1.15 bits per heavy atom. The van der Waals surface area contributed by atoms with Gasteiger partial charge in [0.05, 0.1) is 10.7 Å². The first-order valence-corrected chi connectivity index (χ1v) is 10.1. The summed E-state index contributed by atoms with van der Waals surface area (Å²) in [7, 11) is 0. The standard InChI is InChI=1S/C17H14Cl2N4OS2/c1-10-4-2-3-5-11(10)9-25-17-23-22-16(26-17)21-15(24)20-14-7-6-12(18)8-13(14)19/h2-8H,9H2,1H3,(H2,20,21,22,24). The molecule has 0 spiro atoms. The molecule has 1 heterocycles. The van der Waals surface area contributed by atoms with Crippen LogP contribution in [-0.4, -0.2) is 16.2 Å². The molecular weight excluding hydrogens is 411 g/mol. The average Bonchev–Trinajstić information content (AvgIpc) is 3.04. The molecule has 0 saturated heterocycles. The Morgan fingerprint density at radius 3 is 2.73 bits per heavy atom. The molecule has 134 valence electrons. The van der Waals surface area contributed by atoms with E-state index in [1.807, 2.05) is 12.1 Å². The molecule has 26 heavy (non-hydrogen) atoms. The van der Waals surface area contributed by atoms with E-state index in [0.717, 1.165) is 10.1 Å². The number of halogens is 2. The minimum atomic E-state index is -0.444. The van der Waals surface area contributed by atoms with Crippen LogP contribution in [0.4, 0.5) is 15.6 Å². The molecule has 2 amide bonds. The fourth-order valence-electron chi connectivity index (χ4n) is 2.07. The van der Waals surface area contributed by atoms with E-state index in [-0.39, 0.29) is 0 Å². The molecule has 2 aromatic carbocycles. The lowest BCUT2D eigenvalue weighted by Crippen LogP contribution is -2.19. The predicted octanol–water partition coefficient (Wildman–Crippen LogP) is 6.09. The summed E-state index contributed by atoms with van der Waals surface area (Å²) in [4.78, 5) is 12.1. The Hall–Kier alpha value is -1.80. The number of hydrogen-bond donors (Lipinski definition) is 2. The van der Waals surface area contributed by atoms with Crippen LogP contribution in [0, 0.1) is 6.92 Å². The van der Waals surface area contributed by atoms with Gasteiger partial charge in [-0.25, -0.2) is 4.79 Å². The molecule has 0 aliphatic rings. The van der Waals surface area contributed by atoms with Crippen molar-refractivity contribution in [1.82, 2.24) is 10.2 Å². The van der Waals surface area contributed by atoms with Gasteiger partial charge in [-0.15, -0.1) is 10.2 Å². The zero-order chi connectivity index (χ0) is 18.5. The lowest BCUT2D eigenvalue weighted by molar-refractivity contribution is 0.262. The third-order valence-electron chi connectivity index (χ3n) is 3.42. The van der Waals surface area contributed by atoms with Crippen LogP contribution >= 0.6 is 46.3 Å². The maximum atomic E-state index is 12.1. The maximum Gasteiger partial charge on any atom is 0.325 e. The van der Waals surface area contributed by atoms with E-state index in [1.165, 1.54) is 22.5 Å². The van der Waals surface area contributed by atoms with Crippen LogP contribution in [0.25, 0.3) is 0 Å². The molecule has 5 nitrogen and oxygen atoms in total. The molecule has 0 radical (unpaired) electrons. The van der Waals surface area contributed by atoms with Gasteiger partial charge in [0.15, 0.2) is 4.34 Å². The van der Waals surface area contributed by atoms with E-state index >= 15 is 0 Å². The molecule has 3 rings (SSSR count). The van der Waals surface area contributed by atoms with E-state index < -0.39 is 6.03 Å². The largest absolute Gasteiger partial charge is 0.325 e. The fourth-order valence-corrected chi connectivity index (χ4v) is 4.35. The third kappa shape index (κ3) is 5.11. The van der Waals surface area contributed by atoms with Crippen LogP contribution in [0.1, 0.15) is 11.1 Å². The quantitative estimate of drug-likeness (QED) is 0.384.